The molecule has 0 bridgehead atoms. The van der Waals surface area contributed by atoms with Gasteiger partial charge in [0.25, 0.3) is 11.6 Å². The number of aromatic hydroxyl groups is 1. The first-order valence-corrected chi connectivity index (χ1v) is 8.13. The summed E-state index contributed by atoms with van der Waals surface area (Å²) in [5, 5.41) is 36.8. The van der Waals surface area contributed by atoms with Crippen molar-refractivity contribution in [2.24, 2.45) is 0 Å². The minimum Gasteiger partial charge on any atom is -0.507 e. The molecule has 0 radical (unpaired) electrons. The van der Waals surface area contributed by atoms with Gasteiger partial charge in [0.15, 0.2) is 0 Å². The van der Waals surface area contributed by atoms with Gasteiger partial charge in [0.05, 0.1) is 4.92 Å². The van der Waals surface area contributed by atoms with Crippen LogP contribution < -0.4 is 10.6 Å². The Balaban J connectivity index is 1.86. The van der Waals surface area contributed by atoms with Crippen molar-refractivity contribution in [1.29, 1.82) is 5.26 Å². The van der Waals surface area contributed by atoms with Crippen LogP contribution in [0.25, 0.3) is 10.8 Å². The van der Waals surface area contributed by atoms with Gasteiger partial charge in [-0.25, -0.2) is 0 Å². The van der Waals surface area contributed by atoms with E-state index in [-0.39, 0.29) is 22.7 Å². The first-order chi connectivity index (χ1) is 13.5. The number of nitrogens with one attached hydrogen (secondary N) is 2. The van der Waals surface area contributed by atoms with Gasteiger partial charge in [0.1, 0.15) is 23.1 Å². The number of hydrogen-bond acceptors (Lipinski definition) is 6. The number of nitro groups is 1. The van der Waals surface area contributed by atoms with E-state index in [9.17, 15) is 25.3 Å². The van der Waals surface area contributed by atoms with E-state index in [1.165, 1.54) is 24.4 Å². The van der Waals surface area contributed by atoms with Crippen molar-refractivity contribution in [3.8, 4) is 11.8 Å². The van der Waals surface area contributed by atoms with Crippen LogP contribution in [0.15, 0.2) is 72.4 Å². The van der Waals surface area contributed by atoms with E-state index in [4.69, 9.17) is 0 Å². The number of nitrogens with zero attached hydrogens (tertiary/aromatic N) is 2. The van der Waals surface area contributed by atoms with E-state index in [1.54, 1.807) is 48.5 Å². The lowest BCUT2D eigenvalue weighted by molar-refractivity contribution is -0.383. The first kappa shape index (κ1) is 18.4. The summed E-state index contributed by atoms with van der Waals surface area (Å²) in [5.74, 6) is -0.674. The van der Waals surface area contributed by atoms with Gasteiger partial charge in [-0.3, -0.25) is 14.9 Å². The molecule has 0 fully saturated rings. The van der Waals surface area contributed by atoms with E-state index in [0.717, 1.165) is 0 Å². The van der Waals surface area contributed by atoms with Crippen molar-refractivity contribution in [2.45, 2.75) is 0 Å². The molecule has 0 atom stereocenters. The van der Waals surface area contributed by atoms with Crippen LogP contribution in [-0.2, 0) is 4.79 Å². The van der Waals surface area contributed by atoms with E-state index in [1.807, 2.05) is 0 Å². The normalized spacial score (nSPS) is 10.9. The number of phenolic OH excluding ortho intramolecular Hbond substituents is 1. The van der Waals surface area contributed by atoms with Crippen molar-refractivity contribution < 1.29 is 14.8 Å². The van der Waals surface area contributed by atoms with Gasteiger partial charge in [-0.15, -0.1) is 0 Å². The van der Waals surface area contributed by atoms with Gasteiger partial charge in [-0.1, -0.05) is 36.4 Å². The summed E-state index contributed by atoms with van der Waals surface area (Å²) in [5.41, 5.74) is 0.0364. The lowest BCUT2D eigenvalue weighted by Gasteiger charge is -2.08. The maximum Gasteiger partial charge on any atom is 0.292 e. The number of phenols is 1. The molecule has 0 aliphatic rings. The SMILES string of the molecule is N#C/C(=C/Nc1cccc2c(O)cccc12)C(=O)Nc1ccccc1[N+](=O)[O-]. The highest BCUT2D eigenvalue weighted by Gasteiger charge is 2.17. The molecule has 3 N–H and O–H groups in total. The molecular formula is C20H14N4O4. The Labute approximate surface area is 159 Å². The summed E-state index contributed by atoms with van der Waals surface area (Å²) in [6, 6.07) is 17.6. The highest BCUT2D eigenvalue weighted by Crippen LogP contribution is 2.30. The third kappa shape index (κ3) is 3.73. The average Bonchev–Trinajstić information content (AvgIpc) is 2.69. The molecular weight excluding hydrogens is 360 g/mol. The number of nitriles is 1. The van der Waals surface area contributed by atoms with Crippen LogP contribution in [0, 0.1) is 21.4 Å². The Kier molecular flexibility index (Phi) is 5.18. The van der Waals surface area contributed by atoms with Gasteiger partial charge < -0.3 is 15.7 Å². The number of amides is 1. The number of anilines is 2. The summed E-state index contributed by atoms with van der Waals surface area (Å²) in [4.78, 5) is 22.8. The summed E-state index contributed by atoms with van der Waals surface area (Å²) < 4.78 is 0. The molecule has 3 aromatic carbocycles. The van der Waals surface area contributed by atoms with Gasteiger partial charge in [0, 0.05) is 28.7 Å². The van der Waals surface area contributed by atoms with Crippen LogP contribution >= 0.6 is 0 Å². The van der Waals surface area contributed by atoms with Crippen LogP contribution in [0.2, 0.25) is 0 Å². The smallest absolute Gasteiger partial charge is 0.292 e. The van der Waals surface area contributed by atoms with E-state index in [2.05, 4.69) is 10.6 Å². The van der Waals surface area contributed by atoms with Crippen molar-refractivity contribution in [3.63, 3.8) is 0 Å². The minimum atomic E-state index is -0.785. The van der Waals surface area contributed by atoms with Crippen molar-refractivity contribution in [3.05, 3.63) is 82.6 Å². The van der Waals surface area contributed by atoms with Crippen molar-refractivity contribution >= 4 is 33.7 Å². The molecule has 3 rings (SSSR count). The number of carbonyl (C=O) groups excluding carboxylic acids is 1. The van der Waals surface area contributed by atoms with Gasteiger partial charge in [-0.05, 0) is 18.2 Å². The summed E-state index contributed by atoms with van der Waals surface area (Å²) in [6.07, 6.45) is 1.21. The Morgan fingerprint density at radius 1 is 1.04 bits per heavy atom. The number of fused-ring (bicyclic) bond motifs is 1. The van der Waals surface area contributed by atoms with E-state index < -0.39 is 10.8 Å². The zero-order chi connectivity index (χ0) is 20.1. The highest BCUT2D eigenvalue weighted by molar-refractivity contribution is 6.08. The van der Waals surface area contributed by atoms with Crippen LogP contribution in [-0.4, -0.2) is 15.9 Å². The monoisotopic (exact) mass is 374 g/mol. The Hall–Kier alpha value is -4.38. The van der Waals surface area contributed by atoms with Gasteiger partial charge >= 0.3 is 0 Å². The molecule has 138 valence electrons. The summed E-state index contributed by atoms with van der Waals surface area (Å²) in [7, 11) is 0. The second-order valence-corrected chi connectivity index (χ2v) is 5.72. The first-order valence-electron chi connectivity index (χ1n) is 8.13. The zero-order valence-electron chi connectivity index (χ0n) is 14.4. The maximum atomic E-state index is 12.4. The molecule has 0 saturated heterocycles. The maximum absolute atomic E-state index is 12.4. The fourth-order valence-electron chi connectivity index (χ4n) is 2.65. The Morgan fingerprint density at radius 3 is 2.46 bits per heavy atom. The second-order valence-electron chi connectivity index (χ2n) is 5.72. The predicted molar refractivity (Wildman–Crippen MR) is 105 cm³/mol. The number of hydrogen-bond donors (Lipinski definition) is 3. The lowest BCUT2D eigenvalue weighted by Crippen LogP contribution is -2.15. The van der Waals surface area contributed by atoms with Crippen molar-refractivity contribution in [2.75, 3.05) is 10.6 Å². The van der Waals surface area contributed by atoms with Crippen LogP contribution in [0.5, 0.6) is 5.75 Å². The van der Waals surface area contributed by atoms with Crippen molar-refractivity contribution in [1.82, 2.24) is 0 Å². The second kappa shape index (κ2) is 7.88. The van der Waals surface area contributed by atoms with E-state index in [0.29, 0.717) is 16.5 Å². The Morgan fingerprint density at radius 2 is 1.71 bits per heavy atom. The predicted octanol–water partition coefficient (Wildman–Crippen LogP) is 3.91. The van der Waals surface area contributed by atoms with Gasteiger partial charge in [-0.2, -0.15) is 5.26 Å². The molecule has 1 amide bonds. The number of carbonyl (C=O) groups is 1. The lowest BCUT2D eigenvalue weighted by atomic mass is 10.1. The molecule has 28 heavy (non-hydrogen) atoms. The molecule has 0 spiro atoms. The number of para-hydroxylation sites is 2. The van der Waals surface area contributed by atoms with Crippen LogP contribution in [0.4, 0.5) is 17.1 Å². The fourth-order valence-corrected chi connectivity index (χ4v) is 2.65. The van der Waals surface area contributed by atoms with E-state index >= 15 is 0 Å². The fraction of sp³-hybridized carbons (Fsp3) is 0. The summed E-state index contributed by atoms with van der Waals surface area (Å²) >= 11 is 0. The third-order valence-corrected chi connectivity index (χ3v) is 3.99. The molecule has 0 aliphatic heterocycles. The molecule has 0 aromatic heterocycles. The molecule has 0 saturated carbocycles. The number of benzene rings is 3. The van der Waals surface area contributed by atoms with Gasteiger partial charge in [0.2, 0.25) is 0 Å². The molecule has 8 nitrogen and oxygen atoms in total. The molecule has 0 aliphatic carbocycles. The molecule has 0 heterocycles. The minimum absolute atomic E-state index is 0.00580. The number of rotatable bonds is 5. The summed E-state index contributed by atoms with van der Waals surface area (Å²) in [6.45, 7) is 0. The average molecular weight is 374 g/mol. The van der Waals surface area contributed by atoms with Crippen LogP contribution in [0.3, 0.4) is 0 Å². The standard InChI is InChI=1S/C20H14N4O4/c21-11-13(20(26)23-17-7-1-2-9-18(17)24(27)28)12-22-16-8-3-6-15-14(16)5-4-10-19(15)25/h1-10,12,22,25H,(H,23,26)/b13-12-. The molecule has 0 unspecified atom stereocenters. The number of nitro benzene ring substituents is 1. The topological polar surface area (TPSA) is 128 Å². The van der Waals surface area contributed by atoms with Crippen LogP contribution in [0.1, 0.15) is 0 Å². The molecule has 8 heteroatoms. The molecule has 3 aromatic rings. The highest BCUT2D eigenvalue weighted by atomic mass is 16.6. The zero-order valence-corrected chi connectivity index (χ0v) is 14.4. The third-order valence-electron chi connectivity index (χ3n) is 3.99. The largest absolute Gasteiger partial charge is 0.507 e. The Bertz CT molecular complexity index is 1150. The quantitative estimate of drug-likeness (QED) is 0.269.